The first kappa shape index (κ1) is 16.2. The first-order valence-electron chi connectivity index (χ1n) is 7.79. The molecule has 2 aromatic rings. The zero-order valence-electron chi connectivity index (χ0n) is 13.3. The van der Waals surface area contributed by atoms with Crippen molar-refractivity contribution in [3.63, 3.8) is 0 Å². The standard InChI is InChI=1S/C16H25ClN4/c1-4-20(5-2)9-6-10-21-15(7-8-17)19-14-11-13(3)12-18-16(14)21/h11-12H,4-10H2,1-3H3. The third-order valence-electron chi connectivity index (χ3n) is 3.87. The fourth-order valence-corrected chi connectivity index (χ4v) is 2.83. The van der Waals surface area contributed by atoms with Gasteiger partial charge in [0, 0.05) is 25.0 Å². The summed E-state index contributed by atoms with van der Waals surface area (Å²) in [6.07, 6.45) is 3.82. The molecule has 0 N–H and O–H groups in total. The smallest absolute Gasteiger partial charge is 0.160 e. The minimum atomic E-state index is 0.596. The second-order valence-electron chi connectivity index (χ2n) is 5.35. The Morgan fingerprint density at radius 1 is 1.29 bits per heavy atom. The summed E-state index contributed by atoms with van der Waals surface area (Å²) in [7, 11) is 0. The highest BCUT2D eigenvalue weighted by molar-refractivity contribution is 6.17. The number of halogens is 1. The molecule has 0 saturated heterocycles. The fraction of sp³-hybridized carbons (Fsp3) is 0.625. The Morgan fingerprint density at radius 2 is 2.05 bits per heavy atom. The summed E-state index contributed by atoms with van der Waals surface area (Å²) in [6, 6.07) is 2.10. The maximum atomic E-state index is 5.91. The molecule has 4 nitrogen and oxygen atoms in total. The van der Waals surface area contributed by atoms with Gasteiger partial charge in [0.1, 0.15) is 11.3 Å². The van der Waals surface area contributed by atoms with Crippen LogP contribution >= 0.6 is 11.6 Å². The third kappa shape index (κ3) is 3.95. The van der Waals surface area contributed by atoms with Crippen molar-refractivity contribution in [1.82, 2.24) is 19.4 Å². The van der Waals surface area contributed by atoms with E-state index in [1.807, 2.05) is 13.1 Å². The molecule has 0 spiro atoms. The van der Waals surface area contributed by atoms with Crippen molar-refractivity contribution in [1.29, 1.82) is 0 Å². The number of imidazole rings is 1. The first-order valence-corrected chi connectivity index (χ1v) is 8.33. The van der Waals surface area contributed by atoms with Crippen LogP contribution in [0.2, 0.25) is 0 Å². The molecule has 0 aromatic carbocycles. The van der Waals surface area contributed by atoms with Gasteiger partial charge in [0.2, 0.25) is 0 Å². The van der Waals surface area contributed by atoms with Crippen LogP contribution in [0, 0.1) is 6.92 Å². The summed E-state index contributed by atoms with van der Waals surface area (Å²) in [6.45, 7) is 10.7. The van der Waals surface area contributed by atoms with Crippen molar-refractivity contribution in [3.8, 4) is 0 Å². The lowest BCUT2D eigenvalue weighted by Crippen LogP contribution is -2.25. The number of aryl methyl sites for hydroxylation is 3. The van der Waals surface area contributed by atoms with E-state index in [1.165, 1.54) is 0 Å². The van der Waals surface area contributed by atoms with Gasteiger partial charge in [-0.15, -0.1) is 11.6 Å². The van der Waals surface area contributed by atoms with Crippen LogP contribution in [-0.4, -0.2) is 44.9 Å². The van der Waals surface area contributed by atoms with Crippen LogP contribution in [0.15, 0.2) is 12.3 Å². The molecule has 0 amide bonds. The van der Waals surface area contributed by atoms with Gasteiger partial charge in [0.25, 0.3) is 0 Å². The van der Waals surface area contributed by atoms with E-state index in [9.17, 15) is 0 Å². The van der Waals surface area contributed by atoms with Crippen molar-refractivity contribution < 1.29 is 0 Å². The lowest BCUT2D eigenvalue weighted by atomic mass is 10.3. The van der Waals surface area contributed by atoms with Crippen molar-refractivity contribution >= 4 is 22.8 Å². The van der Waals surface area contributed by atoms with E-state index in [-0.39, 0.29) is 0 Å². The molecule has 2 aromatic heterocycles. The fourth-order valence-electron chi connectivity index (χ4n) is 2.66. The molecule has 0 unspecified atom stereocenters. The summed E-state index contributed by atoms with van der Waals surface area (Å²) >= 11 is 5.91. The molecule has 5 heteroatoms. The Hall–Kier alpha value is -1.13. The van der Waals surface area contributed by atoms with Gasteiger partial charge in [0.05, 0.1) is 0 Å². The molecule has 0 radical (unpaired) electrons. The predicted octanol–water partition coefficient (Wildman–Crippen LogP) is 3.25. The second-order valence-corrected chi connectivity index (χ2v) is 5.73. The van der Waals surface area contributed by atoms with Gasteiger partial charge >= 0.3 is 0 Å². The Kier molecular flexibility index (Phi) is 6.00. The van der Waals surface area contributed by atoms with E-state index in [2.05, 4.69) is 34.4 Å². The van der Waals surface area contributed by atoms with Gasteiger partial charge in [-0.1, -0.05) is 13.8 Å². The number of alkyl halides is 1. The predicted molar refractivity (Wildman–Crippen MR) is 89.1 cm³/mol. The van der Waals surface area contributed by atoms with E-state index < -0.39 is 0 Å². The Balaban J connectivity index is 2.18. The van der Waals surface area contributed by atoms with Gasteiger partial charge in [0.15, 0.2) is 5.65 Å². The van der Waals surface area contributed by atoms with E-state index in [1.54, 1.807) is 0 Å². The van der Waals surface area contributed by atoms with Crippen molar-refractivity contribution in [3.05, 3.63) is 23.7 Å². The molecule has 0 bridgehead atoms. The van der Waals surface area contributed by atoms with Gasteiger partial charge in [-0.3, -0.25) is 0 Å². The summed E-state index contributed by atoms with van der Waals surface area (Å²) in [5.74, 6) is 1.65. The van der Waals surface area contributed by atoms with Crippen LogP contribution in [0.5, 0.6) is 0 Å². The number of nitrogens with zero attached hydrogens (tertiary/aromatic N) is 4. The molecule has 0 fully saturated rings. The van der Waals surface area contributed by atoms with Crippen LogP contribution < -0.4 is 0 Å². The Labute approximate surface area is 132 Å². The molecular formula is C16H25ClN4. The summed E-state index contributed by atoms with van der Waals surface area (Å²) in [5, 5.41) is 0. The summed E-state index contributed by atoms with van der Waals surface area (Å²) in [5.41, 5.74) is 3.12. The van der Waals surface area contributed by atoms with Crippen LogP contribution in [0.25, 0.3) is 11.2 Å². The number of rotatable bonds is 8. The SMILES string of the molecule is CCN(CC)CCCn1c(CCCl)nc2cc(C)cnc21. The van der Waals surface area contributed by atoms with Gasteiger partial charge in [-0.2, -0.15) is 0 Å². The average Bonchev–Trinajstić information content (AvgIpc) is 2.81. The van der Waals surface area contributed by atoms with Crippen LogP contribution in [0.1, 0.15) is 31.7 Å². The molecule has 0 aliphatic rings. The molecule has 2 rings (SSSR count). The summed E-state index contributed by atoms with van der Waals surface area (Å²) in [4.78, 5) is 11.7. The van der Waals surface area contributed by atoms with Crippen LogP contribution in [-0.2, 0) is 13.0 Å². The van der Waals surface area contributed by atoms with Crippen LogP contribution in [0.3, 0.4) is 0 Å². The van der Waals surface area contributed by atoms with Crippen molar-refractivity contribution in [2.24, 2.45) is 0 Å². The molecule has 0 aliphatic heterocycles. The third-order valence-corrected chi connectivity index (χ3v) is 4.06. The topological polar surface area (TPSA) is 34.0 Å². The molecular weight excluding hydrogens is 284 g/mol. The Morgan fingerprint density at radius 3 is 2.71 bits per heavy atom. The number of aromatic nitrogens is 3. The average molecular weight is 309 g/mol. The number of hydrogen-bond donors (Lipinski definition) is 0. The second kappa shape index (κ2) is 7.76. The van der Waals surface area contributed by atoms with Gasteiger partial charge in [-0.25, -0.2) is 9.97 Å². The van der Waals surface area contributed by atoms with E-state index in [4.69, 9.17) is 16.6 Å². The van der Waals surface area contributed by atoms with Gasteiger partial charge < -0.3 is 9.47 Å². The Bertz CT molecular complexity index is 575. The van der Waals surface area contributed by atoms with Crippen molar-refractivity contribution in [2.75, 3.05) is 25.5 Å². The number of hydrogen-bond acceptors (Lipinski definition) is 3. The zero-order chi connectivity index (χ0) is 15.2. The molecule has 2 heterocycles. The first-order chi connectivity index (χ1) is 10.2. The monoisotopic (exact) mass is 308 g/mol. The minimum Gasteiger partial charge on any atom is -0.313 e. The highest BCUT2D eigenvalue weighted by Crippen LogP contribution is 2.16. The largest absolute Gasteiger partial charge is 0.313 e. The molecule has 0 aliphatic carbocycles. The number of fused-ring (bicyclic) bond motifs is 1. The molecule has 0 atom stereocenters. The lowest BCUT2D eigenvalue weighted by molar-refractivity contribution is 0.293. The normalized spacial score (nSPS) is 11.7. The minimum absolute atomic E-state index is 0.596. The molecule has 0 saturated carbocycles. The van der Waals surface area contributed by atoms with Crippen LogP contribution in [0.4, 0.5) is 0 Å². The quantitative estimate of drug-likeness (QED) is 0.702. The highest BCUT2D eigenvalue weighted by Gasteiger charge is 2.11. The molecule has 116 valence electrons. The van der Waals surface area contributed by atoms with Gasteiger partial charge in [-0.05, 0) is 44.6 Å². The maximum Gasteiger partial charge on any atom is 0.160 e. The lowest BCUT2D eigenvalue weighted by Gasteiger charge is -2.18. The van der Waals surface area contributed by atoms with E-state index in [0.29, 0.717) is 5.88 Å². The molecule has 21 heavy (non-hydrogen) atoms. The summed E-state index contributed by atoms with van der Waals surface area (Å²) < 4.78 is 2.24. The zero-order valence-corrected chi connectivity index (χ0v) is 14.0. The maximum absolute atomic E-state index is 5.91. The number of pyridine rings is 1. The van der Waals surface area contributed by atoms with E-state index >= 15 is 0 Å². The van der Waals surface area contributed by atoms with E-state index in [0.717, 1.165) is 61.6 Å². The van der Waals surface area contributed by atoms with Crippen molar-refractivity contribution in [2.45, 2.75) is 40.2 Å². The highest BCUT2D eigenvalue weighted by atomic mass is 35.5.